The molecule has 0 aliphatic carbocycles. The fraction of sp³-hybridized carbons (Fsp3) is 0.714. The van der Waals surface area contributed by atoms with E-state index in [1.54, 1.807) is 0 Å². The fourth-order valence-corrected chi connectivity index (χ4v) is 7.60. The number of phosphoric ester groups is 1. The smallest absolute Gasteiger partial charge is 0.306 e. The van der Waals surface area contributed by atoms with Crippen LogP contribution in [-0.2, 0) is 32.7 Å². The second kappa shape index (κ2) is 47.3. The lowest BCUT2D eigenvalue weighted by Crippen LogP contribution is -2.37. The summed E-state index contributed by atoms with van der Waals surface area (Å²) in [6.45, 7) is 4.01. The van der Waals surface area contributed by atoms with E-state index in [2.05, 4.69) is 98.9 Å². The molecule has 380 valence electrons. The first-order valence-electron chi connectivity index (χ1n) is 26.3. The third kappa shape index (κ3) is 50.6. The van der Waals surface area contributed by atoms with Crippen molar-refractivity contribution in [3.05, 3.63) is 85.1 Å². The molecule has 0 bridgehead atoms. The van der Waals surface area contributed by atoms with Gasteiger partial charge in [-0.05, 0) is 70.6 Å². The number of carbonyl (C=O) groups is 2. The first-order chi connectivity index (χ1) is 32.0. The van der Waals surface area contributed by atoms with Crippen molar-refractivity contribution >= 4 is 19.8 Å². The van der Waals surface area contributed by atoms with Gasteiger partial charge in [0.05, 0.1) is 27.7 Å². The van der Waals surface area contributed by atoms with E-state index in [9.17, 15) is 19.0 Å². The normalized spacial score (nSPS) is 14.1. The average molecular weight is 944 g/mol. The third-order valence-corrected chi connectivity index (χ3v) is 11.9. The summed E-state index contributed by atoms with van der Waals surface area (Å²) >= 11 is 0. The summed E-state index contributed by atoms with van der Waals surface area (Å²) in [7, 11) is 1.16. The molecule has 2 atom stereocenters. The number of likely N-dealkylation sites (N-methyl/N-ethyl adjacent to an activating group) is 1. The van der Waals surface area contributed by atoms with Crippen LogP contribution in [0.25, 0.3) is 0 Å². The molecule has 0 fully saturated rings. The molecule has 0 aromatic carbocycles. The number of nitrogens with zero attached hydrogens (tertiary/aromatic N) is 1. The second-order valence-electron chi connectivity index (χ2n) is 18.5. The van der Waals surface area contributed by atoms with Gasteiger partial charge in [-0.25, -0.2) is 0 Å². The van der Waals surface area contributed by atoms with E-state index in [0.717, 1.165) is 96.3 Å². The van der Waals surface area contributed by atoms with Crippen molar-refractivity contribution in [2.75, 3.05) is 47.5 Å². The van der Waals surface area contributed by atoms with Crippen LogP contribution in [-0.4, -0.2) is 70.0 Å². The molecule has 2 unspecified atom stereocenters. The molecule has 0 saturated heterocycles. The van der Waals surface area contributed by atoms with Gasteiger partial charge in [0, 0.05) is 12.8 Å². The minimum atomic E-state index is -4.62. The molecule has 9 nitrogen and oxygen atoms in total. The van der Waals surface area contributed by atoms with Crippen LogP contribution in [0.15, 0.2) is 85.1 Å². The Morgan fingerprint density at radius 2 is 0.864 bits per heavy atom. The van der Waals surface area contributed by atoms with Crippen molar-refractivity contribution in [2.24, 2.45) is 0 Å². The van der Waals surface area contributed by atoms with Gasteiger partial charge in [-0.2, -0.15) is 0 Å². The van der Waals surface area contributed by atoms with Crippen molar-refractivity contribution in [1.29, 1.82) is 0 Å². The fourth-order valence-electron chi connectivity index (χ4n) is 6.87. The number of carbonyl (C=O) groups excluding carboxylic acids is 2. The van der Waals surface area contributed by atoms with E-state index in [1.165, 1.54) is 77.0 Å². The zero-order valence-corrected chi connectivity index (χ0v) is 43.8. The van der Waals surface area contributed by atoms with Gasteiger partial charge in [-0.15, -0.1) is 0 Å². The van der Waals surface area contributed by atoms with E-state index in [-0.39, 0.29) is 26.1 Å². The van der Waals surface area contributed by atoms with Crippen molar-refractivity contribution in [3.8, 4) is 0 Å². The molecule has 0 N–H and O–H groups in total. The van der Waals surface area contributed by atoms with E-state index in [0.29, 0.717) is 17.4 Å². The van der Waals surface area contributed by atoms with Crippen LogP contribution in [0.2, 0.25) is 0 Å². The third-order valence-electron chi connectivity index (χ3n) is 10.9. The van der Waals surface area contributed by atoms with Crippen LogP contribution in [0.4, 0.5) is 0 Å². The van der Waals surface area contributed by atoms with Gasteiger partial charge >= 0.3 is 11.9 Å². The Hall–Kier alpha value is -2.81. The Morgan fingerprint density at radius 1 is 0.485 bits per heavy atom. The van der Waals surface area contributed by atoms with E-state index in [1.807, 2.05) is 21.1 Å². The molecule has 0 aliphatic heterocycles. The van der Waals surface area contributed by atoms with E-state index in [4.69, 9.17) is 18.5 Å². The van der Waals surface area contributed by atoms with Gasteiger partial charge in [0.15, 0.2) is 6.10 Å². The van der Waals surface area contributed by atoms with Gasteiger partial charge in [0.1, 0.15) is 19.8 Å². The summed E-state index contributed by atoms with van der Waals surface area (Å²) in [5, 5.41) is 0. The lowest BCUT2D eigenvalue weighted by atomic mass is 10.0. The Morgan fingerprint density at radius 3 is 1.29 bits per heavy atom. The SMILES string of the molecule is CC/C=C\C/C=C\C/C=C\C/C=C\C/C=C\C/C=C\C/C=C\CCCCCCCCCCCCCCCCCC(=O)OC(COC(=O)CCCCCCC)COP(=O)([O-])OCC[N+](C)(C)C. The minimum absolute atomic E-state index is 0.0323. The summed E-state index contributed by atoms with van der Waals surface area (Å²) in [6.07, 6.45) is 62.6. The number of esters is 2. The maximum absolute atomic E-state index is 12.7. The highest BCUT2D eigenvalue weighted by molar-refractivity contribution is 7.45. The molecule has 10 heteroatoms. The molecule has 0 radical (unpaired) electrons. The number of hydrogen-bond acceptors (Lipinski definition) is 8. The van der Waals surface area contributed by atoms with Gasteiger partial charge in [-0.3, -0.25) is 14.2 Å². The molecule has 0 aliphatic rings. The standard InChI is InChI=1S/C56H98NO8P/c1-6-8-10-12-13-14-15-16-17-18-19-20-21-22-23-24-25-26-27-28-29-30-31-32-33-34-35-36-37-38-39-40-41-42-43-45-47-49-56(59)65-54(52-62-55(58)48-46-44-11-9-7-2)53-64-66(60,61)63-51-50-57(3,4)5/h8,10,13-14,16-17,19-20,22-23,25-26,28-29,54H,6-7,9,11-12,15,18,21,24,27,30-53H2,1-5H3/b10-8-,14-13-,17-16-,20-19-,23-22-,26-25-,29-28-. The minimum Gasteiger partial charge on any atom is -0.756 e. The molecule has 66 heavy (non-hydrogen) atoms. The molecular weight excluding hydrogens is 846 g/mol. The van der Waals surface area contributed by atoms with Crippen LogP contribution < -0.4 is 4.89 Å². The predicted molar refractivity (Wildman–Crippen MR) is 277 cm³/mol. The van der Waals surface area contributed by atoms with Crippen LogP contribution in [0.5, 0.6) is 0 Å². The summed E-state index contributed by atoms with van der Waals surface area (Å²) in [5.74, 6) is -0.849. The molecule has 0 rings (SSSR count). The maximum Gasteiger partial charge on any atom is 0.306 e. The first-order valence-corrected chi connectivity index (χ1v) is 27.8. The highest BCUT2D eigenvalue weighted by Crippen LogP contribution is 2.38. The Kier molecular flexibility index (Phi) is 45.3. The molecule has 0 amide bonds. The Labute approximate surface area is 405 Å². The maximum atomic E-state index is 12.7. The number of unbranched alkanes of at least 4 members (excludes halogenated alkanes) is 19. The van der Waals surface area contributed by atoms with Crippen molar-refractivity contribution in [2.45, 2.75) is 213 Å². The number of hydrogen-bond donors (Lipinski definition) is 0. The number of phosphoric acid groups is 1. The number of quaternary nitrogens is 1. The number of ether oxygens (including phenoxy) is 2. The summed E-state index contributed by atoms with van der Waals surface area (Å²) < 4.78 is 33.7. The summed E-state index contributed by atoms with van der Waals surface area (Å²) in [6, 6.07) is 0. The number of allylic oxidation sites excluding steroid dienone is 14. The number of rotatable bonds is 47. The van der Waals surface area contributed by atoms with Crippen molar-refractivity contribution < 1.29 is 42.1 Å². The summed E-state index contributed by atoms with van der Waals surface area (Å²) in [5.41, 5.74) is 0. The monoisotopic (exact) mass is 944 g/mol. The van der Waals surface area contributed by atoms with Gasteiger partial charge < -0.3 is 27.9 Å². The lowest BCUT2D eigenvalue weighted by molar-refractivity contribution is -0.870. The summed E-state index contributed by atoms with van der Waals surface area (Å²) in [4.78, 5) is 37.3. The topological polar surface area (TPSA) is 111 Å². The quantitative estimate of drug-likeness (QED) is 0.0195. The molecule has 0 heterocycles. The zero-order valence-electron chi connectivity index (χ0n) is 42.9. The van der Waals surface area contributed by atoms with Crippen LogP contribution >= 0.6 is 7.82 Å². The van der Waals surface area contributed by atoms with Crippen molar-refractivity contribution in [1.82, 2.24) is 0 Å². The Bertz CT molecular complexity index is 1390. The van der Waals surface area contributed by atoms with Crippen molar-refractivity contribution in [3.63, 3.8) is 0 Å². The molecule has 0 aromatic heterocycles. The van der Waals surface area contributed by atoms with Crippen LogP contribution in [0.3, 0.4) is 0 Å². The molecular formula is C56H98NO8P. The van der Waals surface area contributed by atoms with E-state index >= 15 is 0 Å². The average Bonchev–Trinajstić information content (AvgIpc) is 3.27. The first kappa shape index (κ1) is 63.2. The lowest BCUT2D eigenvalue weighted by Gasteiger charge is -2.28. The predicted octanol–water partition coefficient (Wildman–Crippen LogP) is 15.3. The molecule has 0 spiro atoms. The van der Waals surface area contributed by atoms with Crippen LogP contribution in [0, 0.1) is 0 Å². The second-order valence-corrected chi connectivity index (χ2v) is 19.9. The Balaban J connectivity index is 3.88. The van der Waals surface area contributed by atoms with Gasteiger partial charge in [-0.1, -0.05) is 208 Å². The van der Waals surface area contributed by atoms with E-state index < -0.39 is 32.5 Å². The van der Waals surface area contributed by atoms with Gasteiger partial charge in [0.2, 0.25) is 0 Å². The van der Waals surface area contributed by atoms with Gasteiger partial charge in [0.25, 0.3) is 7.82 Å². The highest BCUT2D eigenvalue weighted by atomic mass is 31.2. The molecule has 0 saturated carbocycles. The zero-order chi connectivity index (χ0) is 48.5. The van der Waals surface area contributed by atoms with Crippen LogP contribution in [0.1, 0.15) is 206 Å². The highest BCUT2D eigenvalue weighted by Gasteiger charge is 2.21. The molecule has 0 aromatic rings. The largest absolute Gasteiger partial charge is 0.756 e.